The lowest BCUT2D eigenvalue weighted by molar-refractivity contribution is -0.194. The van der Waals surface area contributed by atoms with Gasteiger partial charge in [0.2, 0.25) is 0 Å². The van der Waals surface area contributed by atoms with Crippen LogP contribution in [0.3, 0.4) is 0 Å². The molecule has 1 aromatic carbocycles. The molecular weight excluding hydrogens is 294 g/mol. The van der Waals surface area contributed by atoms with Crippen molar-refractivity contribution in [2.75, 3.05) is 6.61 Å². The van der Waals surface area contributed by atoms with Gasteiger partial charge in [-0.3, -0.25) is 4.79 Å². The Morgan fingerprint density at radius 1 is 1.26 bits per heavy atom. The summed E-state index contributed by atoms with van der Waals surface area (Å²) < 4.78 is 5.07. The standard InChI is InChI=1S/C18H17NO4/c1-2-23-15(20)14-7-12(11-5-3-4-6-13(11)19-14)17-8-18(9-17,10-17)16(21)22/h3-7H,2,8-10H2,1H3,(H,21,22). The first kappa shape index (κ1) is 14.2. The monoisotopic (exact) mass is 311 g/mol. The van der Waals surface area contributed by atoms with Crippen molar-refractivity contribution in [3.05, 3.63) is 41.6 Å². The molecule has 3 fully saturated rings. The number of nitrogens with zero attached hydrogens (tertiary/aromatic N) is 1. The fourth-order valence-electron chi connectivity index (χ4n) is 4.22. The highest BCUT2D eigenvalue weighted by Crippen LogP contribution is 2.74. The quantitative estimate of drug-likeness (QED) is 0.879. The number of rotatable bonds is 4. The maximum atomic E-state index is 12.1. The number of pyridine rings is 1. The van der Waals surface area contributed by atoms with Crippen molar-refractivity contribution in [2.45, 2.75) is 31.6 Å². The summed E-state index contributed by atoms with van der Waals surface area (Å²) in [5.74, 6) is -1.14. The van der Waals surface area contributed by atoms with Crippen LogP contribution in [0.4, 0.5) is 0 Å². The number of benzene rings is 1. The molecule has 23 heavy (non-hydrogen) atoms. The van der Waals surface area contributed by atoms with Gasteiger partial charge in [-0.25, -0.2) is 9.78 Å². The average molecular weight is 311 g/mol. The lowest BCUT2D eigenvalue weighted by Gasteiger charge is -2.68. The number of carbonyl (C=O) groups is 2. The Kier molecular flexibility index (Phi) is 2.80. The smallest absolute Gasteiger partial charge is 0.356 e. The topological polar surface area (TPSA) is 76.5 Å². The molecule has 0 atom stereocenters. The Morgan fingerprint density at radius 2 is 1.96 bits per heavy atom. The third kappa shape index (κ3) is 1.82. The molecule has 5 heteroatoms. The number of aliphatic carboxylic acids is 1. The first-order valence-corrected chi connectivity index (χ1v) is 7.80. The molecular formula is C18H17NO4. The van der Waals surface area contributed by atoms with Gasteiger partial charge in [0.1, 0.15) is 5.69 Å². The van der Waals surface area contributed by atoms with Crippen LogP contribution in [0.1, 0.15) is 42.2 Å². The van der Waals surface area contributed by atoms with Gasteiger partial charge >= 0.3 is 11.9 Å². The Morgan fingerprint density at radius 3 is 2.61 bits per heavy atom. The van der Waals surface area contributed by atoms with Crippen LogP contribution in [-0.4, -0.2) is 28.6 Å². The lowest BCUT2D eigenvalue weighted by atomic mass is 9.33. The minimum Gasteiger partial charge on any atom is -0.481 e. The van der Waals surface area contributed by atoms with Gasteiger partial charge in [-0.2, -0.15) is 0 Å². The van der Waals surface area contributed by atoms with Crippen LogP contribution in [-0.2, 0) is 14.9 Å². The van der Waals surface area contributed by atoms with Gasteiger partial charge in [0.05, 0.1) is 17.5 Å². The molecule has 1 N–H and O–H groups in total. The fraction of sp³-hybridized carbons (Fsp3) is 0.389. The molecule has 0 aliphatic heterocycles. The number of carboxylic acid groups (broad SMARTS) is 1. The number of aromatic nitrogens is 1. The van der Waals surface area contributed by atoms with E-state index < -0.39 is 17.4 Å². The summed E-state index contributed by atoms with van der Waals surface area (Å²) in [4.78, 5) is 27.8. The van der Waals surface area contributed by atoms with Gasteiger partial charge in [-0.05, 0) is 49.3 Å². The average Bonchev–Trinajstić information content (AvgIpc) is 2.44. The van der Waals surface area contributed by atoms with Crippen LogP contribution in [0.5, 0.6) is 0 Å². The third-order valence-electron chi connectivity index (χ3n) is 5.26. The van der Waals surface area contributed by atoms with E-state index in [2.05, 4.69) is 4.98 Å². The molecule has 0 spiro atoms. The summed E-state index contributed by atoms with van der Waals surface area (Å²) in [6.07, 6.45) is 1.93. The van der Waals surface area contributed by atoms with E-state index in [4.69, 9.17) is 4.74 Å². The third-order valence-corrected chi connectivity index (χ3v) is 5.26. The molecule has 5 rings (SSSR count). The van der Waals surface area contributed by atoms with Gasteiger partial charge in [-0.1, -0.05) is 18.2 Å². The zero-order chi connectivity index (χ0) is 16.2. The van der Waals surface area contributed by atoms with E-state index in [9.17, 15) is 14.7 Å². The Bertz CT molecular complexity index is 822. The summed E-state index contributed by atoms with van der Waals surface area (Å²) in [7, 11) is 0. The van der Waals surface area contributed by atoms with Gasteiger partial charge in [0, 0.05) is 5.39 Å². The maximum Gasteiger partial charge on any atom is 0.356 e. The second-order valence-electron chi connectivity index (χ2n) is 6.69. The van der Waals surface area contributed by atoms with E-state index in [0.29, 0.717) is 31.6 Å². The van der Waals surface area contributed by atoms with Crippen molar-refractivity contribution in [1.82, 2.24) is 4.98 Å². The number of fused-ring (bicyclic) bond motifs is 1. The summed E-state index contributed by atoms with van der Waals surface area (Å²) in [5.41, 5.74) is 1.42. The van der Waals surface area contributed by atoms with E-state index >= 15 is 0 Å². The molecule has 3 aliphatic rings. The summed E-state index contributed by atoms with van der Waals surface area (Å²) in [5, 5.41) is 10.3. The Hall–Kier alpha value is -2.43. The van der Waals surface area contributed by atoms with Gasteiger partial charge in [0.25, 0.3) is 0 Å². The minimum atomic E-state index is -0.705. The molecule has 0 saturated heterocycles. The highest BCUT2D eigenvalue weighted by molar-refractivity contribution is 5.94. The van der Waals surface area contributed by atoms with Crippen LogP contribution in [0, 0.1) is 5.41 Å². The Balaban J connectivity index is 1.80. The van der Waals surface area contributed by atoms with Crippen molar-refractivity contribution in [1.29, 1.82) is 0 Å². The number of hydrogen-bond donors (Lipinski definition) is 1. The normalized spacial score (nSPS) is 27.9. The second-order valence-corrected chi connectivity index (χ2v) is 6.69. The number of carbonyl (C=O) groups excluding carboxylic acids is 1. The molecule has 5 nitrogen and oxygen atoms in total. The first-order chi connectivity index (χ1) is 11.0. The van der Waals surface area contributed by atoms with Gasteiger partial charge < -0.3 is 9.84 Å². The number of ether oxygens (including phenoxy) is 1. The van der Waals surface area contributed by atoms with Crippen molar-refractivity contribution >= 4 is 22.8 Å². The van der Waals surface area contributed by atoms with Crippen molar-refractivity contribution in [3.8, 4) is 0 Å². The maximum absolute atomic E-state index is 12.1. The first-order valence-electron chi connectivity index (χ1n) is 7.80. The van der Waals surface area contributed by atoms with Gasteiger partial charge in [0.15, 0.2) is 0 Å². The second kappa shape index (κ2) is 4.54. The summed E-state index contributed by atoms with van der Waals surface area (Å²) in [6, 6.07) is 9.48. The van der Waals surface area contributed by atoms with Gasteiger partial charge in [-0.15, -0.1) is 0 Å². The molecule has 0 unspecified atom stereocenters. The van der Waals surface area contributed by atoms with Crippen LogP contribution in [0.25, 0.3) is 10.9 Å². The highest BCUT2D eigenvalue weighted by atomic mass is 16.5. The fourth-order valence-corrected chi connectivity index (χ4v) is 4.22. The van der Waals surface area contributed by atoms with Crippen molar-refractivity contribution in [3.63, 3.8) is 0 Å². The van der Waals surface area contributed by atoms with Crippen LogP contribution in [0.2, 0.25) is 0 Å². The van der Waals surface area contributed by atoms with E-state index in [-0.39, 0.29) is 5.41 Å². The zero-order valence-corrected chi connectivity index (χ0v) is 12.8. The molecule has 0 amide bonds. The van der Waals surface area contributed by atoms with E-state index in [1.54, 1.807) is 13.0 Å². The van der Waals surface area contributed by atoms with Crippen LogP contribution in [0.15, 0.2) is 30.3 Å². The SMILES string of the molecule is CCOC(=O)c1cc(C23CC(C(=O)O)(C2)C3)c2ccccc2n1. The molecule has 3 saturated carbocycles. The largest absolute Gasteiger partial charge is 0.481 e. The zero-order valence-electron chi connectivity index (χ0n) is 12.8. The van der Waals surface area contributed by atoms with Crippen molar-refractivity contribution < 1.29 is 19.4 Å². The van der Waals surface area contributed by atoms with E-state index in [0.717, 1.165) is 16.5 Å². The molecule has 2 aromatic rings. The molecule has 1 aromatic heterocycles. The van der Waals surface area contributed by atoms with Crippen LogP contribution < -0.4 is 0 Å². The number of para-hydroxylation sites is 1. The Labute approximate surface area is 133 Å². The van der Waals surface area contributed by atoms with E-state index in [1.807, 2.05) is 24.3 Å². The molecule has 0 radical (unpaired) electrons. The lowest BCUT2D eigenvalue weighted by Crippen LogP contribution is -2.68. The summed E-state index contributed by atoms with van der Waals surface area (Å²) in [6.45, 7) is 2.06. The molecule has 118 valence electrons. The number of carboxylic acids is 1. The van der Waals surface area contributed by atoms with Crippen molar-refractivity contribution in [2.24, 2.45) is 5.41 Å². The van der Waals surface area contributed by atoms with E-state index in [1.165, 1.54) is 0 Å². The predicted molar refractivity (Wildman–Crippen MR) is 83.3 cm³/mol. The molecule has 1 heterocycles. The number of hydrogen-bond acceptors (Lipinski definition) is 4. The minimum absolute atomic E-state index is 0.123. The predicted octanol–water partition coefficient (Wildman–Crippen LogP) is 2.92. The highest BCUT2D eigenvalue weighted by Gasteiger charge is 2.72. The molecule has 3 aliphatic carbocycles. The molecule has 2 bridgehead atoms. The van der Waals surface area contributed by atoms with Crippen LogP contribution >= 0.6 is 0 Å². The summed E-state index contributed by atoms with van der Waals surface area (Å²) >= 11 is 0. The number of esters is 1.